The van der Waals surface area contributed by atoms with E-state index in [9.17, 15) is 0 Å². The molecule has 2 aliphatic heterocycles. The molecular formula is C22H20N2. The first-order valence-electron chi connectivity index (χ1n) is 8.75. The van der Waals surface area contributed by atoms with E-state index in [1.54, 1.807) is 0 Å². The molecule has 0 aliphatic carbocycles. The molecule has 24 heavy (non-hydrogen) atoms. The minimum atomic E-state index is 0.738. The molecule has 1 aromatic heterocycles. The summed E-state index contributed by atoms with van der Waals surface area (Å²) >= 11 is 0. The first-order chi connectivity index (χ1) is 11.9. The van der Waals surface area contributed by atoms with E-state index in [0.29, 0.717) is 0 Å². The first kappa shape index (κ1) is 13.9. The lowest BCUT2D eigenvalue weighted by Gasteiger charge is -2.26. The molecule has 0 amide bonds. The molecular weight excluding hydrogens is 292 g/mol. The van der Waals surface area contributed by atoms with Gasteiger partial charge in [0.2, 0.25) is 0 Å². The number of nitrogens with zero attached hydrogens (tertiary/aromatic N) is 2. The number of aryl methyl sites for hydroxylation is 2. The van der Waals surface area contributed by atoms with Gasteiger partial charge in [0, 0.05) is 36.3 Å². The van der Waals surface area contributed by atoms with Crippen LogP contribution in [-0.2, 0) is 25.8 Å². The molecule has 0 N–H and O–H groups in total. The molecule has 0 bridgehead atoms. The summed E-state index contributed by atoms with van der Waals surface area (Å²) in [5.41, 5.74) is 8.69. The second-order valence-electron chi connectivity index (χ2n) is 6.87. The summed E-state index contributed by atoms with van der Waals surface area (Å²) in [7, 11) is 0. The summed E-state index contributed by atoms with van der Waals surface area (Å²) in [6, 6.07) is 15.7. The van der Waals surface area contributed by atoms with Crippen LogP contribution in [-0.4, -0.2) is 22.6 Å². The molecule has 0 atom stereocenters. The molecule has 2 aliphatic rings. The van der Waals surface area contributed by atoms with Gasteiger partial charge in [-0.1, -0.05) is 42.3 Å². The van der Waals surface area contributed by atoms with Crippen LogP contribution in [0.1, 0.15) is 22.4 Å². The standard InChI is InChI=1S/C22H20N2/c1-2-13-23-14-12-21-19(15-23)18-8-5-7-17-11-10-16-6-3-4-9-20(16)24(21)22(17)18/h1,3-9H,10-15H2. The van der Waals surface area contributed by atoms with Crippen molar-refractivity contribution in [2.24, 2.45) is 0 Å². The van der Waals surface area contributed by atoms with Crippen LogP contribution in [0.4, 0.5) is 0 Å². The highest BCUT2D eigenvalue weighted by molar-refractivity contribution is 5.91. The Morgan fingerprint density at radius 1 is 0.958 bits per heavy atom. The minimum Gasteiger partial charge on any atom is -0.313 e. The molecule has 2 nitrogen and oxygen atoms in total. The van der Waals surface area contributed by atoms with Crippen LogP contribution in [0.25, 0.3) is 16.6 Å². The lowest BCUT2D eigenvalue weighted by Crippen LogP contribution is -2.31. The van der Waals surface area contributed by atoms with E-state index in [1.165, 1.54) is 39.0 Å². The maximum Gasteiger partial charge on any atom is 0.0601 e. The summed E-state index contributed by atoms with van der Waals surface area (Å²) in [6.07, 6.45) is 8.85. The maximum absolute atomic E-state index is 5.54. The number of fused-ring (bicyclic) bond motifs is 5. The van der Waals surface area contributed by atoms with Gasteiger partial charge in [0.1, 0.15) is 0 Å². The van der Waals surface area contributed by atoms with Gasteiger partial charge < -0.3 is 4.57 Å². The average Bonchev–Trinajstić information content (AvgIpc) is 2.84. The fourth-order valence-electron chi connectivity index (χ4n) is 4.47. The highest BCUT2D eigenvalue weighted by Crippen LogP contribution is 2.38. The van der Waals surface area contributed by atoms with Crippen molar-refractivity contribution < 1.29 is 0 Å². The second kappa shape index (κ2) is 5.26. The van der Waals surface area contributed by atoms with Gasteiger partial charge in [-0.2, -0.15) is 0 Å². The van der Waals surface area contributed by atoms with Crippen molar-refractivity contribution >= 4 is 10.9 Å². The maximum atomic E-state index is 5.54. The van der Waals surface area contributed by atoms with Crippen LogP contribution < -0.4 is 0 Å². The van der Waals surface area contributed by atoms with Gasteiger partial charge in [-0.25, -0.2) is 0 Å². The van der Waals surface area contributed by atoms with E-state index < -0.39 is 0 Å². The Balaban J connectivity index is 1.82. The van der Waals surface area contributed by atoms with Gasteiger partial charge in [-0.3, -0.25) is 4.90 Å². The fraction of sp³-hybridized carbons (Fsp3) is 0.273. The Bertz CT molecular complexity index is 987. The zero-order valence-corrected chi connectivity index (χ0v) is 13.8. The van der Waals surface area contributed by atoms with Crippen molar-refractivity contribution in [3.05, 3.63) is 64.8 Å². The molecule has 3 heterocycles. The van der Waals surface area contributed by atoms with Gasteiger partial charge >= 0.3 is 0 Å². The summed E-state index contributed by atoms with van der Waals surface area (Å²) in [5.74, 6) is 2.81. The van der Waals surface area contributed by atoms with Gasteiger partial charge in [0.15, 0.2) is 0 Å². The highest BCUT2D eigenvalue weighted by Gasteiger charge is 2.27. The summed E-state index contributed by atoms with van der Waals surface area (Å²) in [6.45, 7) is 2.75. The average molecular weight is 312 g/mol. The van der Waals surface area contributed by atoms with Crippen LogP contribution in [0.3, 0.4) is 0 Å². The summed E-state index contributed by atoms with van der Waals surface area (Å²) < 4.78 is 2.55. The molecule has 2 aromatic carbocycles. The lowest BCUT2D eigenvalue weighted by atomic mass is 9.99. The number of aromatic nitrogens is 1. The summed E-state index contributed by atoms with van der Waals surface area (Å²) in [4.78, 5) is 2.39. The van der Waals surface area contributed by atoms with Crippen LogP contribution in [0, 0.1) is 12.3 Å². The first-order valence-corrected chi connectivity index (χ1v) is 8.75. The molecule has 118 valence electrons. The monoisotopic (exact) mass is 312 g/mol. The van der Waals surface area contributed by atoms with Crippen molar-refractivity contribution in [3.8, 4) is 18.0 Å². The van der Waals surface area contributed by atoms with Crippen molar-refractivity contribution in [2.45, 2.75) is 25.8 Å². The van der Waals surface area contributed by atoms with E-state index in [2.05, 4.69) is 57.9 Å². The van der Waals surface area contributed by atoms with Crippen molar-refractivity contribution in [2.75, 3.05) is 13.1 Å². The summed E-state index contributed by atoms with van der Waals surface area (Å²) in [5, 5.41) is 1.42. The van der Waals surface area contributed by atoms with Gasteiger partial charge in [-0.05, 0) is 35.6 Å². The quantitative estimate of drug-likeness (QED) is 0.622. The molecule has 3 aromatic rings. The topological polar surface area (TPSA) is 8.17 Å². The molecule has 0 radical (unpaired) electrons. The third kappa shape index (κ3) is 1.89. The predicted molar refractivity (Wildman–Crippen MR) is 98.5 cm³/mol. The number of para-hydroxylation sites is 2. The second-order valence-corrected chi connectivity index (χ2v) is 6.87. The predicted octanol–water partition coefficient (Wildman–Crippen LogP) is 3.72. The number of terminal acetylenes is 1. The largest absolute Gasteiger partial charge is 0.313 e. The van der Waals surface area contributed by atoms with E-state index >= 15 is 0 Å². The number of hydrogen-bond acceptors (Lipinski definition) is 1. The Hall–Kier alpha value is -2.50. The molecule has 5 rings (SSSR count). The van der Waals surface area contributed by atoms with E-state index in [1.807, 2.05) is 0 Å². The van der Waals surface area contributed by atoms with Crippen LogP contribution in [0.2, 0.25) is 0 Å². The van der Waals surface area contributed by atoms with Crippen LogP contribution >= 0.6 is 0 Å². The normalized spacial score (nSPS) is 16.3. The van der Waals surface area contributed by atoms with E-state index in [-0.39, 0.29) is 0 Å². The lowest BCUT2D eigenvalue weighted by molar-refractivity contribution is 0.285. The smallest absolute Gasteiger partial charge is 0.0601 e. The number of rotatable bonds is 1. The fourth-order valence-corrected chi connectivity index (χ4v) is 4.47. The SMILES string of the molecule is C#CCN1CCc2c(c3cccc4c3n2-c2ccccc2CC4)C1. The highest BCUT2D eigenvalue weighted by atomic mass is 15.1. The number of hydrogen-bond donors (Lipinski definition) is 0. The van der Waals surface area contributed by atoms with Crippen molar-refractivity contribution in [1.82, 2.24) is 9.47 Å². The molecule has 2 heteroatoms. The van der Waals surface area contributed by atoms with Crippen LogP contribution in [0.15, 0.2) is 42.5 Å². The Kier molecular flexibility index (Phi) is 3.04. The van der Waals surface area contributed by atoms with Gasteiger partial charge in [0.05, 0.1) is 12.1 Å². The Morgan fingerprint density at radius 2 is 1.79 bits per heavy atom. The Labute approximate surface area is 142 Å². The van der Waals surface area contributed by atoms with Gasteiger partial charge in [-0.15, -0.1) is 6.42 Å². The third-order valence-electron chi connectivity index (χ3n) is 5.54. The zero-order chi connectivity index (χ0) is 16.1. The molecule has 0 saturated heterocycles. The molecule has 0 spiro atoms. The van der Waals surface area contributed by atoms with Crippen molar-refractivity contribution in [1.29, 1.82) is 0 Å². The van der Waals surface area contributed by atoms with E-state index in [4.69, 9.17) is 6.42 Å². The molecule has 0 fully saturated rings. The molecule has 0 unspecified atom stereocenters. The minimum absolute atomic E-state index is 0.738. The zero-order valence-electron chi connectivity index (χ0n) is 13.8. The van der Waals surface area contributed by atoms with E-state index in [0.717, 1.165) is 38.9 Å². The van der Waals surface area contributed by atoms with Crippen molar-refractivity contribution in [3.63, 3.8) is 0 Å². The number of benzene rings is 2. The Morgan fingerprint density at radius 3 is 2.71 bits per heavy atom. The third-order valence-corrected chi connectivity index (χ3v) is 5.54. The molecule has 0 saturated carbocycles. The van der Waals surface area contributed by atoms with Crippen LogP contribution in [0.5, 0.6) is 0 Å². The van der Waals surface area contributed by atoms with Gasteiger partial charge in [0.25, 0.3) is 0 Å².